The van der Waals surface area contributed by atoms with Crippen LogP contribution in [0.5, 0.6) is 0 Å². The van der Waals surface area contributed by atoms with Crippen molar-refractivity contribution in [2.24, 2.45) is 0 Å². The van der Waals surface area contributed by atoms with Gasteiger partial charge in [-0.2, -0.15) is 0 Å². The Hall–Kier alpha value is -2.07. The zero-order valence-corrected chi connectivity index (χ0v) is 10.9. The van der Waals surface area contributed by atoms with Crippen molar-refractivity contribution in [1.82, 2.24) is 9.97 Å². The number of rotatable bonds is 2. The fraction of sp³-hybridized carbons (Fsp3) is 0. The molecule has 94 valence electrons. The van der Waals surface area contributed by atoms with Crippen molar-refractivity contribution in [2.45, 2.75) is 4.90 Å². The summed E-state index contributed by atoms with van der Waals surface area (Å²) in [5, 5.41) is 0. The van der Waals surface area contributed by atoms with Gasteiger partial charge in [0.05, 0.1) is 11.9 Å². The van der Waals surface area contributed by atoms with E-state index < -0.39 is 0 Å². The van der Waals surface area contributed by atoms with Crippen LogP contribution in [-0.4, -0.2) is 9.97 Å². The van der Waals surface area contributed by atoms with Crippen molar-refractivity contribution in [3.8, 4) is 22.6 Å². The molecule has 3 rings (SSSR count). The van der Waals surface area contributed by atoms with Gasteiger partial charge >= 0.3 is 0 Å². The molecular weight excluding hydrogens is 259 g/mol. The van der Waals surface area contributed by atoms with Gasteiger partial charge in [-0.1, -0.05) is 12.1 Å². The lowest BCUT2D eigenvalue weighted by molar-refractivity contribution is 0.628. The third-order valence-electron chi connectivity index (χ3n) is 2.87. The molecule has 0 spiro atoms. The number of H-pyrrole nitrogens is 1. The van der Waals surface area contributed by atoms with Crippen LogP contribution in [0.1, 0.15) is 0 Å². The smallest absolute Gasteiger partial charge is 0.137 e. The molecule has 19 heavy (non-hydrogen) atoms. The highest BCUT2D eigenvalue weighted by molar-refractivity contribution is 7.80. The summed E-state index contributed by atoms with van der Waals surface area (Å²) in [7, 11) is 0. The van der Waals surface area contributed by atoms with E-state index in [9.17, 15) is 4.39 Å². The minimum Gasteiger partial charge on any atom is -0.338 e. The quantitative estimate of drug-likeness (QED) is 0.672. The number of aromatic amines is 1. The zero-order chi connectivity index (χ0) is 13.2. The van der Waals surface area contributed by atoms with Crippen molar-refractivity contribution in [3.05, 3.63) is 60.5 Å². The van der Waals surface area contributed by atoms with Gasteiger partial charge in [-0.05, 0) is 42.0 Å². The summed E-state index contributed by atoms with van der Waals surface area (Å²) >= 11 is 4.25. The maximum Gasteiger partial charge on any atom is 0.137 e. The Bertz CT molecular complexity index is 627. The van der Waals surface area contributed by atoms with E-state index in [0.717, 1.165) is 27.5 Å². The van der Waals surface area contributed by atoms with E-state index in [2.05, 4.69) is 22.6 Å². The van der Waals surface area contributed by atoms with Crippen LogP contribution in [-0.2, 0) is 0 Å². The van der Waals surface area contributed by atoms with Crippen LogP contribution in [0.2, 0.25) is 0 Å². The number of benzene rings is 2. The number of nitrogens with zero attached hydrogens (tertiary/aromatic N) is 1. The molecule has 0 fully saturated rings. The highest BCUT2D eigenvalue weighted by Crippen LogP contribution is 2.23. The van der Waals surface area contributed by atoms with E-state index in [-0.39, 0.29) is 5.82 Å². The molecule has 1 heterocycles. The summed E-state index contributed by atoms with van der Waals surface area (Å²) in [5.74, 6) is 0.542. The van der Waals surface area contributed by atoms with E-state index in [0.29, 0.717) is 0 Å². The van der Waals surface area contributed by atoms with Gasteiger partial charge in [0, 0.05) is 10.5 Å². The summed E-state index contributed by atoms with van der Waals surface area (Å²) < 4.78 is 12.9. The second kappa shape index (κ2) is 4.90. The molecule has 2 nitrogen and oxygen atoms in total. The van der Waals surface area contributed by atoms with Gasteiger partial charge in [0.15, 0.2) is 0 Å². The fourth-order valence-electron chi connectivity index (χ4n) is 1.86. The van der Waals surface area contributed by atoms with Gasteiger partial charge in [0.1, 0.15) is 11.6 Å². The molecule has 4 heteroatoms. The summed E-state index contributed by atoms with van der Waals surface area (Å²) in [4.78, 5) is 8.48. The van der Waals surface area contributed by atoms with Crippen molar-refractivity contribution < 1.29 is 4.39 Å². The summed E-state index contributed by atoms with van der Waals surface area (Å²) in [6.07, 6.45) is 1.75. The maximum absolute atomic E-state index is 12.9. The SMILES string of the molecule is Fc1ccc(-c2cnc(-c3ccc(S)cc3)[nH]2)cc1. The van der Waals surface area contributed by atoms with E-state index in [1.54, 1.807) is 18.3 Å². The minimum absolute atomic E-state index is 0.243. The number of aromatic nitrogens is 2. The zero-order valence-electron chi connectivity index (χ0n) is 9.97. The third-order valence-corrected chi connectivity index (χ3v) is 3.17. The first kappa shape index (κ1) is 12.0. The van der Waals surface area contributed by atoms with Gasteiger partial charge < -0.3 is 4.98 Å². The lowest BCUT2D eigenvalue weighted by Gasteiger charge is -1.98. The second-order valence-corrected chi connectivity index (χ2v) is 4.72. The second-order valence-electron chi connectivity index (χ2n) is 4.20. The first-order valence-electron chi connectivity index (χ1n) is 5.83. The van der Waals surface area contributed by atoms with Crippen LogP contribution < -0.4 is 0 Å². The Morgan fingerprint density at radius 1 is 0.895 bits per heavy atom. The van der Waals surface area contributed by atoms with Gasteiger partial charge in [-0.25, -0.2) is 9.37 Å². The highest BCUT2D eigenvalue weighted by Gasteiger charge is 2.05. The van der Waals surface area contributed by atoms with Gasteiger partial charge in [0.25, 0.3) is 0 Å². The summed E-state index contributed by atoms with van der Waals surface area (Å²) in [6.45, 7) is 0. The standard InChI is InChI=1S/C15H11FN2S/c16-12-5-1-10(2-6-12)14-9-17-15(18-14)11-3-7-13(19)8-4-11/h1-9,19H,(H,17,18). The molecule has 1 N–H and O–H groups in total. The fourth-order valence-corrected chi connectivity index (χ4v) is 2.01. The Morgan fingerprint density at radius 2 is 1.53 bits per heavy atom. The summed E-state index contributed by atoms with van der Waals surface area (Å²) in [5.41, 5.74) is 2.77. The third kappa shape index (κ3) is 2.53. The average Bonchev–Trinajstić information content (AvgIpc) is 2.90. The molecule has 3 aromatic rings. The largest absolute Gasteiger partial charge is 0.338 e. The Kier molecular flexibility index (Phi) is 3.09. The van der Waals surface area contributed by atoms with Gasteiger partial charge in [-0.3, -0.25) is 0 Å². The lowest BCUT2D eigenvalue weighted by atomic mass is 10.2. The monoisotopic (exact) mass is 270 g/mol. The lowest BCUT2D eigenvalue weighted by Crippen LogP contribution is -1.81. The molecule has 0 amide bonds. The Morgan fingerprint density at radius 3 is 2.21 bits per heavy atom. The number of imidazole rings is 1. The molecule has 0 bridgehead atoms. The predicted octanol–water partition coefficient (Wildman–Crippen LogP) is 4.17. The maximum atomic E-state index is 12.9. The molecule has 0 aliphatic carbocycles. The van der Waals surface area contributed by atoms with E-state index >= 15 is 0 Å². The molecular formula is C15H11FN2S. The van der Waals surface area contributed by atoms with Crippen molar-refractivity contribution in [2.75, 3.05) is 0 Å². The normalized spacial score (nSPS) is 10.6. The molecule has 1 aromatic heterocycles. The number of hydrogen-bond donors (Lipinski definition) is 2. The molecule has 0 aliphatic rings. The van der Waals surface area contributed by atoms with Crippen LogP contribution in [0.3, 0.4) is 0 Å². The van der Waals surface area contributed by atoms with Crippen LogP contribution in [0.4, 0.5) is 4.39 Å². The van der Waals surface area contributed by atoms with Crippen LogP contribution >= 0.6 is 12.6 Å². The van der Waals surface area contributed by atoms with Crippen LogP contribution in [0, 0.1) is 5.82 Å². The first-order valence-corrected chi connectivity index (χ1v) is 6.27. The number of halogens is 1. The van der Waals surface area contributed by atoms with E-state index in [1.807, 2.05) is 24.3 Å². The topological polar surface area (TPSA) is 28.7 Å². The molecule has 0 aliphatic heterocycles. The molecule has 0 saturated heterocycles. The van der Waals surface area contributed by atoms with Crippen molar-refractivity contribution >= 4 is 12.6 Å². The number of nitrogens with one attached hydrogen (secondary N) is 1. The van der Waals surface area contributed by atoms with Crippen LogP contribution in [0.15, 0.2) is 59.6 Å². The highest BCUT2D eigenvalue weighted by atomic mass is 32.1. The van der Waals surface area contributed by atoms with E-state index in [4.69, 9.17) is 0 Å². The number of thiol groups is 1. The van der Waals surface area contributed by atoms with Crippen molar-refractivity contribution in [3.63, 3.8) is 0 Å². The minimum atomic E-state index is -0.243. The van der Waals surface area contributed by atoms with E-state index in [1.165, 1.54) is 12.1 Å². The van der Waals surface area contributed by atoms with Crippen LogP contribution in [0.25, 0.3) is 22.6 Å². The molecule has 0 unspecified atom stereocenters. The molecule has 0 radical (unpaired) electrons. The Labute approximate surface area is 115 Å². The Balaban J connectivity index is 1.95. The summed E-state index contributed by atoms with van der Waals surface area (Å²) in [6, 6.07) is 14.1. The molecule has 0 saturated carbocycles. The number of hydrogen-bond acceptors (Lipinski definition) is 2. The van der Waals surface area contributed by atoms with Gasteiger partial charge in [-0.15, -0.1) is 12.6 Å². The molecule has 0 atom stereocenters. The van der Waals surface area contributed by atoms with Gasteiger partial charge in [0.2, 0.25) is 0 Å². The molecule has 2 aromatic carbocycles. The first-order chi connectivity index (χ1) is 9.22. The average molecular weight is 270 g/mol. The predicted molar refractivity (Wildman–Crippen MR) is 76.7 cm³/mol. The van der Waals surface area contributed by atoms with Crippen molar-refractivity contribution in [1.29, 1.82) is 0 Å².